The number of aliphatic hydroxyl groups excluding tert-OH is 1. The van der Waals surface area contributed by atoms with Crippen LogP contribution in [-0.4, -0.2) is 35.7 Å². The molecule has 0 radical (unpaired) electrons. The molecule has 1 rings (SSSR count). The van der Waals surface area contributed by atoms with Gasteiger partial charge in [0.15, 0.2) is 0 Å². The van der Waals surface area contributed by atoms with Gasteiger partial charge in [-0.1, -0.05) is 33.1 Å². The molecule has 0 aromatic rings. The van der Waals surface area contributed by atoms with Gasteiger partial charge in [-0.3, -0.25) is 0 Å². The molecule has 1 fully saturated rings. The summed E-state index contributed by atoms with van der Waals surface area (Å²) in [5.74, 6) is 0.705. The van der Waals surface area contributed by atoms with Crippen molar-refractivity contribution in [1.29, 1.82) is 0 Å². The molecule has 0 aromatic heterocycles. The maximum atomic E-state index is 9.78. The first-order valence-electron chi connectivity index (χ1n) is 7.34. The number of hydrogen-bond donors (Lipinski definition) is 1. The highest BCUT2D eigenvalue weighted by molar-refractivity contribution is 4.86. The molecule has 1 aliphatic carbocycles. The quantitative estimate of drug-likeness (QED) is 0.771. The fourth-order valence-corrected chi connectivity index (χ4v) is 3.03. The zero-order valence-corrected chi connectivity index (χ0v) is 12.2. The topological polar surface area (TPSA) is 23.5 Å². The Morgan fingerprint density at radius 2 is 1.65 bits per heavy atom. The largest absolute Gasteiger partial charge is 0.396 e. The highest BCUT2D eigenvalue weighted by atomic mass is 16.3. The van der Waals surface area contributed by atoms with Crippen molar-refractivity contribution in [3.05, 3.63) is 0 Å². The van der Waals surface area contributed by atoms with Crippen molar-refractivity contribution < 1.29 is 5.11 Å². The van der Waals surface area contributed by atoms with Crippen LogP contribution in [-0.2, 0) is 0 Å². The van der Waals surface area contributed by atoms with Gasteiger partial charge in [-0.25, -0.2) is 0 Å². The number of nitrogens with zero attached hydrogens (tertiary/aromatic N) is 1. The molecule has 0 atom stereocenters. The second kappa shape index (κ2) is 6.75. The Morgan fingerprint density at radius 3 is 2.06 bits per heavy atom. The van der Waals surface area contributed by atoms with E-state index in [4.69, 9.17) is 0 Å². The molecule has 0 aromatic carbocycles. The molecule has 2 nitrogen and oxygen atoms in total. The highest BCUT2D eigenvalue weighted by Gasteiger charge is 2.33. The molecule has 0 spiro atoms. The Kier molecular flexibility index (Phi) is 5.94. The van der Waals surface area contributed by atoms with Crippen LogP contribution >= 0.6 is 0 Å². The summed E-state index contributed by atoms with van der Waals surface area (Å²) >= 11 is 0. The summed E-state index contributed by atoms with van der Waals surface area (Å²) in [4.78, 5) is 2.56. The zero-order valence-electron chi connectivity index (χ0n) is 12.2. The summed E-state index contributed by atoms with van der Waals surface area (Å²) in [6.45, 7) is 11.7. The molecule has 1 saturated carbocycles. The molecule has 0 amide bonds. The SMILES string of the molecule is CC(C)CN(CC1(CO)CCCCC1)C(C)C. The standard InChI is InChI=1S/C15H31NO/c1-13(2)10-16(14(3)4)11-15(12-17)8-6-5-7-9-15/h13-14,17H,5-12H2,1-4H3. The maximum Gasteiger partial charge on any atom is 0.0499 e. The Hall–Kier alpha value is -0.0800. The second-order valence-corrected chi connectivity index (χ2v) is 6.64. The van der Waals surface area contributed by atoms with Gasteiger partial charge in [-0.15, -0.1) is 0 Å². The van der Waals surface area contributed by atoms with Crippen molar-refractivity contribution in [2.24, 2.45) is 11.3 Å². The fourth-order valence-electron chi connectivity index (χ4n) is 3.03. The van der Waals surface area contributed by atoms with Gasteiger partial charge in [0, 0.05) is 31.2 Å². The van der Waals surface area contributed by atoms with Crippen LogP contribution in [0.2, 0.25) is 0 Å². The molecule has 102 valence electrons. The van der Waals surface area contributed by atoms with Gasteiger partial charge in [0.1, 0.15) is 0 Å². The van der Waals surface area contributed by atoms with Gasteiger partial charge in [0.2, 0.25) is 0 Å². The zero-order chi connectivity index (χ0) is 12.9. The number of hydrogen-bond acceptors (Lipinski definition) is 2. The first-order chi connectivity index (χ1) is 7.99. The second-order valence-electron chi connectivity index (χ2n) is 6.64. The molecule has 2 heteroatoms. The molecule has 0 unspecified atom stereocenters. The molecule has 0 bridgehead atoms. The summed E-state index contributed by atoms with van der Waals surface area (Å²) in [7, 11) is 0. The van der Waals surface area contributed by atoms with Crippen LogP contribution < -0.4 is 0 Å². The third-order valence-corrected chi connectivity index (χ3v) is 4.12. The lowest BCUT2D eigenvalue weighted by Gasteiger charge is -2.42. The van der Waals surface area contributed by atoms with Crippen molar-refractivity contribution in [1.82, 2.24) is 4.90 Å². The van der Waals surface area contributed by atoms with Crippen LogP contribution in [0.4, 0.5) is 0 Å². The Labute approximate surface area is 107 Å². The third kappa shape index (κ3) is 4.59. The molecule has 1 aliphatic rings. The van der Waals surface area contributed by atoms with Crippen LogP contribution in [0, 0.1) is 11.3 Å². The van der Waals surface area contributed by atoms with Crippen molar-refractivity contribution >= 4 is 0 Å². The lowest BCUT2D eigenvalue weighted by molar-refractivity contribution is 0.0258. The van der Waals surface area contributed by atoms with Crippen LogP contribution in [0.25, 0.3) is 0 Å². The summed E-state index contributed by atoms with van der Waals surface area (Å²) in [5.41, 5.74) is 0.192. The van der Waals surface area contributed by atoms with Gasteiger partial charge in [-0.2, -0.15) is 0 Å². The fraction of sp³-hybridized carbons (Fsp3) is 1.00. The predicted molar refractivity (Wildman–Crippen MR) is 74.2 cm³/mol. The van der Waals surface area contributed by atoms with Gasteiger partial charge < -0.3 is 10.0 Å². The molecule has 0 aliphatic heterocycles. The molecule has 0 heterocycles. The minimum atomic E-state index is 0.192. The average Bonchev–Trinajstić information content (AvgIpc) is 2.29. The van der Waals surface area contributed by atoms with E-state index in [1.807, 2.05) is 0 Å². The van der Waals surface area contributed by atoms with Gasteiger partial charge in [0.25, 0.3) is 0 Å². The maximum absolute atomic E-state index is 9.78. The lowest BCUT2D eigenvalue weighted by atomic mass is 9.74. The van der Waals surface area contributed by atoms with Crippen molar-refractivity contribution in [3.8, 4) is 0 Å². The van der Waals surface area contributed by atoms with E-state index >= 15 is 0 Å². The molecular weight excluding hydrogens is 210 g/mol. The average molecular weight is 241 g/mol. The van der Waals surface area contributed by atoms with E-state index in [2.05, 4.69) is 32.6 Å². The van der Waals surface area contributed by atoms with Gasteiger partial charge in [-0.05, 0) is 32.6 Å². The van der Waals surface area contributed by atoms with E-state index in [1.54, 1.807) is 0 Å². The lowest BCUT2D eigenvalue weighted by Crippen LogP contribution is -2.45. The number of rotatable bonds is 6. The molecular formula is C15H31NO. The summed E-state index contributed by atoms with van der Waals surface area (Å²) < 4.78 is 0. The summed E-state index contributed by atoms with van der Waals surface area (Å²) in [5, 5.41) is 9.78. The minimum absolute atomic E-state index is 0.192. The Bertz CT molecular complexity index is 207. The van der Waals surface area contributed by atoms with Crippen molar-refractivity contribution in [2.45, 2.75) is 65.8 Å². The Balaban J connectivity index is 2.62. The van der Waals surface area contributed by atoms with E-state index in [0.29, 0.717) is 18.6 Å². The van der Waals surface area contributed by atoms with E-state index in [1.165, 1.54) is 32.1 Å². The van der Waals surface area contributed by atoms with Gasteiger partial charge >= 0.3 is 0 Å². The van der Waals surface area contributed by atoms with E-state index in [0.717, 1.165) is 13.1 Å². The number of aliphatic hydroxyl groups is 1. The summed E-state index contributed by atoms with van der Waals surface area (Å²) in [6.07, 6.45) is 6.38. The molecule has 17 heavy (non-hydrogen) atoms. The van der Waals surface area contributed by atoms with Crippen molar-refractivity contribution in [3.63, 3.8) is 0 Å². The molecule has 1 N–H and O–H groups in total. The molecule has 0 saturated heterocycles. The third-order valence-electron chi connectivity index (χ3n) is 4.12. The monoisotopic (exact) mass is 241 g/mol. The minimum Gasteiger partial charge on any atom is -0.396 e. The van der Waals surface area contributed by atoms with Crippen LogP contribution in [0.1, 0.15) is 59.8 Å². The normalized spacial score (nSPS) is 20.5. The van der Waals surface area contributed by atoms with Crippen LogP contribution in [0.15, 0.2) is 0 Å². The van der Waals surface area contributed by atoms with E-state index in [-0.39, 0.29) is 5.41 Å². The van der Waals surface area contributed by atoms with Crippen LogP contribution in [0.3, 0.4) is 0 Å². The van der Waals surface area contributed by atoms with E-state index < -0.39 is 0 Å². The Morgan fingerprint density at radius 1 is 1.06 bits per heavy atom. The van der Waals surface area contributed by atoms with Crippen LogP contribution in [0.5, 0.6) is 0 Å². The van der Waals surface area contributed by atoms with Gasteiger partial charge in [0.05, 0.1) is 0 Å². The van der Waals surface area contributed by atoms with Crippen molar-refractivity contribution in [2.75, 3.05) is 19.7 Å². The smallest absolute Gasteiger partial charge is 0.0499 e. The summed E-state index contributed by atoms with van der Waals surface area (Å²) in [6, 6.07) is 0.586. The highest BCUT2D eigenvalue weighted by Crippen LogP contribution is 2.37. The predicted octanol–water partition coefficient (Wildman–Crippen LogP) is 3.30. The first-order valence-corrected chi connectivity index (χ1v) is 7.34. The van der Waals surface area contributed by atoms with E-state index in [9.17, 15) is 5.11 Å². The first kappa shape index (κ1) is 15.0.